The molecule has 0 heterocycles. The van der Waals surface area contributed by atoms with Crippen LogP contribution in [0.1, 0.15) is 41.0 Å². The van der Waals surface area contributed by atoms with Crippen LogP contribution >= 0.6 is 0 Å². The smallest absolute Gasteiger partial charge is 0.0125 e. The summed E-state index contributed by atoms with van der Waals surface area (Å²) in [6.07, 6.45) is 2.43. The lowest BCUT2D eigenvalue weighted by atomic mass is 10.3. The van der Waals surface area contributed by atoms with Crippen LogP contribution in [0.25, 0.3) is 0 Å². The van der Waals surface area contributed by atoms with Gasteiger partial charge in [0.15, 0.2) is 0 Å². The summed E-state index contributed by atoms with van der Waals surface area (Å²) in [6.45, 7) is 7.17. The van der Waals surface area contributed by atoms with Crippen molar-refractivity contribution < 1.29 is 0 Å². The molecule has 0 aromatic rings. The topological polar surface area (TPSA) is 64.3 Å². The molecule has 0 saturated carbocycles. The van der Waals surface area contributed by atoms with Crippen molar-refractivity contribution in [1.82, 2.24) is 11.2 Å². The van der Waals surface area contributed by atoms with Gasteiger partial charge in [0.1, 0.15) is 0 Å². The summed E-state index contributed by atoms with van der Waals surface area (Å²) in [7, 11) is 1.88. The Morgan fingerprint density at radius 2 is 1.64 bits per heavy atom. The van der Waals surface area contributed by atoms with Crippen LogP contribution in [0.5, 0.6) is 0 Å². The summed E-state index contributed by atoms with van der Waals surface area (Å²) >= 11 is 0. The molecular formula is C8H27N3. The van der Waals surface area contributed by atoms with Gasteiger partial charge in [-0.2, -0.15) is 0 Å². The van der Waals surface area contributed by atoms with E-state index in [4.69, 9.17) is 5.84 Å². The maximum Gasteiger partial charge on any atom is 0.0125 e. The van der Waals surface area contributed by atoms with Crippen molar-refractivity contribution in [1.29, 1.82) is 0 Å². The molecule has 0 aromatic heterocycles. The fourth-order valence-corrected chi connectivity index (χ4v) is 0.408. The summed E-state index contributed by atoms with van der Waals surface area (Å²) in [6, 6.07) is 0. The van der Waals surface area contributed by atoms with E-state index in [9.17, 15) is 0 Å². The fourth-order valence-electron chi connectivity index (χ4n) is 0.408. The number of hydrazine groups is 1. The van der Waals surface area contributed by atoms with Gasteiger partial charge < -0.3 is 6.15 Å². The first-order valence-corrected chi connectivity index (χ1v) is 3.73. The maximum atomic E-state index is 5.31. The third kappa shape index (κ3) is 40.8. The highest BCUT2D eigenvalue weighted by Crippen LogP contribution is 1.84. The number of nitrogens with zero attached hydrogens (tertiary/aromatic N) is 1. The normalized spacial score (nSPS) is 7.09. The lowest BCUT2D eigenvalue weighted by Crippen LogP contribution is -2.26. The van der Waals surface area contributed by atoms with E-state index in [1.54, 1.807) is 5.01 Å². The molecule has 0 aliphatic rings. The van der Waals surface area contributed by atoms with Crippen molar-refractivity contribution in [3.05, 3.63) is 0 Å². The first-order chi connectivity index (χ1) is 4.27. The number of unbranched alkanes of at least 4 members (excludes halogenated alkanes) is 1. The summed E-state index contributed by atoms with van der Waals surface area (Å²) in [5, 5.41) is 1.71. The van der Waals surface area contributed by atoms with Gasteiger partial charge in [0.2, 0.25) is 0 Å². The molecule has 0 unspecified atom stereocenters. The van der Waals surface area contributed by atoms with Crippen LogP contribution in [0, 0.1) is 0 Å². The Balaban J connectivity index is -0.0000000564. The predicted octanol–water partition coefficient (Wildman–Crippen LogP) is 2.42. The molecule has 3 heteroatoms. The van der Waals surface area contributed by atoms with E-state index in [1.165, 1.54) is 12.8 Å². The van der Waals surface area contributed by atoms with Crippen molar-refractivity contribution in [2.24, 2.45) is 5.84 Å². The third-order valence-corrected chi connectivity index (χ3v) is 0.864. The van der Waals surface area contributed by atoms with Crippen molar-refractivity contribution in [3.63, 3.8) is 0 Å². The zero-order chi connectivity index (χ0) is 7.70. The molecule has 0 rings (SSSR count). The quantitative estimate of drug-likeness (QED) is 0.498. The van der Waals surface area contributed by atoms with Crippen molar-refractivity contribution >= 4 is 0 Å². The first kappa shape index (κ1) is 22.4. The fraction of sp³-hybridized carbons (Fsp3) is 1.00. The number of rotatable bonds is 3. The Morgan fingerprint density at radius 1 is 1.27 bits per heavy atom. The molecule has 0 aromatic carbocycles. The highest BCUT2D eigenvalue weighted by molar-refractivity contribution is 4.37. The van der Waals surface area contributed by atoms with Gasteiger partial charge in [0, 0.05) is 13.6 Å². The summed E-state index contributed by atoms with van der Waals surface area (Å²) in [5.74, 6) is 5.31. The molecule has 0 fully saturated rings. The average molecular weight is 165 g/mol. The summed E-state index contributed by atoms with van der Waals surface area (Å²) in [5.41, 5.74) is 0. The van der Waals surface area contributed by atoms with Gasteiger partial charge in [-0.1, -0.05) is 34.6 Å². The van der Waals surface area contributed by atoms with Crippen LogP contribution in [0.2, 0.25) is 0 Å². The van der Waals surface area contributed by atoms with Gasteiger partial charge in [-0.15, -0.1) is 0 Å². The molecule has 0 amide bonds. The van der Waals surface area contributed by atoms with E-state index in [0.29, 0.717) is 0 Å². The highest BCUT2D eigenvalue weighted by Gasteiger charge is 1.84. The second kappa shape index (κ2) is 22.5. The molecule has 0 bridgehead atoms. The van der Waals surface area contributed by atoms with Gasteiger partial charge >= 0.3 is 0 Å². The zero-order valence-corrected chi connectivity index (χ0v) is 7.85. The van der Waals surface area contributed by atoms with Crippen molar-refractivity contribution in [2.45, 2.75) is 41.0 Å². The van der Waals surface area contributed by atoms with Gasteiger partial charge in [-0.05, 0) is 6.42 Å². The van der Waals surface area contributed by atoms with Crippen LogP contribution in [0.4, 0.5) is 0 Å². The standard InChI is InChI=1S/C5H14N2.C2H6.CH4.H3N/c1-3-4-5-7(2)6;1-2;;/h3-6H2,1-2H3;1-2H3;1H4;1H3. The Morgan fingerprint density at radius 3 is 1.73 bits per heavy atom. The molecule has 0 spiro atoms. The molecular weight excluding hydrogens is 138 g/mol. The molecule has 0 atom stereocenters. The van der Waals surface area contributed by atoms with Crippen LogP contribution in [-0.2, 0) is 0 Å². The second-order valence-corrected chi connectivity index (χ2v) is 1.83. The van der Waals surface area contributed by atoms with Crippen molar-refractivity contribution in [3.8, 4) is 0 Å². The molecule has 5 N–H and O–H groups in total. The molecule has 11 heavy (non-hydrogen) atoms. The van der Waals surface area contributed by atoms with E-state index in [2.05, 4.69) is 6.92 Å². The van der Waals surface area contributed by atoms with E-state index in [-0.39, 0.29) is 13.6 Å². The van der Waals surface area contributed by atoms with Crippen LogP contribution < -0.4 is 12.0 Å². The Bertz CT molecular complexity index is 38.3. The van der Waals surface area contributed by atoms with Crippen LogP contribution in [0.15, 0.2) is 0 Å². The van der Waals surface area contributed by atoms with Gasteiger partial charge in [0.25, 0.3) is 0 Å². The third-order valence-electron chi connectivity index (χ3n) is 0.864. The summed E-state index contributed by atoms with van der Waals surface area (Å²) in [4.78, 5) is 0. The predicted molar refractivity (Wildman–Crippen MR) is 54.8 cm³/mol. The minimum atomic E-state index is 0. The second-order valence-electron chi connectivity index (χ2n) is 1.83. The lowest BCUT2D eigenvalue weighted by Gasteiger charge is -2.05. The molecule has 0 radical (unpaired) electrons. The number of hydrogen-bond acceptors (Lipinski definition) is 3. The van der Waals surface area contributed by atoms with Crippen LogP contribution in [-0.4, -0.2) is 18.6 Å². The SMILES string of the molecule is C.CC.CCCCN(C)N.N. The molecule has 0 saturated heterocycles. The molecule has 0 aliphatic carbocycles. The van der Waals surface area contributed by atoms with Crippen molar-refractivity contribution in [2.75, 3.05) is 13.6 Å². The summed E-state index contributed by atoms with van der Waals surface area (Å²) < 4.78 is 0. The molecule has 3 nitrogen and oxygen atoms in total. The average Bonchev–Trinajstić information content (AvgIpc) is 1.88. The van der Waals surface area contributed by atoms with Crippen LogP contribution in [0.3, 0.4) is 0 Å². The zero-order valence-electron chi connectivity index (χ0n) is 7.85. The lowest BCUT2D eigenvalue weighted by molar-refractivity contribution is 0.342. The Labute approximate surface area is 72.5 Å². The van der Waals surface area contributed by atoms with E-state index in [0.717, 1.165) is 6.54 Å². The van der Waals surface area contributed by atoms with Gasteiger partial charge in [-0.3, -0.25) is 10.9 Å². The Hall–Kier alpha value is -0.120. The molecule has 0 aliphatic heterocycles. The van der Waals surface area contributed by atoms with E-state index in [1.807, 2.05) is 20.9 Å². The monoisotopic (exact) mass is 165 g/mol. The number of nitrogens with two attached hydrogens (primary N) is 1. The van der Waals surface area contributed by atoms with E-state index < -0.39 is 0 Å². The first-order valence-electron chi connectivity index (χ1n) is 3.73. The Kier molecular flexibility index (Phi) is 46.0. The minimum Gasteiger partial charge on any atom is -0.344 e. The van der Waals surface area contributed by atoms with Gasteiger partial charge in [-0.25, -0.2) is 0 Å². The highest BCUT2D eigenvalue weighted by atomic mass is 15.4. The molecule has 74 valence electrons. The largest absolute Gasteiger partial charge is 0.344 e. The van der Waals surface area contributed by atoms with E-state index >= 15 is 0 Å². The maximum absolute atomic E-state index is 5.31. The number of hydrogen-bond donors (Lipinski definition) is 2. The van der Waals surface area contributed by atoms with Gasteiger partial charge in [0.05, 0.1) is 0 Å². The minimum absolute atomic E-state index is 0.